The molecule has 0 radical (unpaired) electrons. The molecule has 6 nitrogen and oxygen atoms in total. The first kappa shape index (κ1) is 15.2. The number of rotatable bonds is 4. The van der Waals surface area contributed by atoms with Crippen LogP contribution in [0.2, 0.25) is 0 Å². The minimum atomic E-state index is -0.397. The van der Waals surface area contributed by atoms with Crippen LogP contribution in [0.15, 0.2) is 35.3 Å². The molecule has 1 amide bonds. The molecule has 0 atom stereocenters. The lowest BCUT2D eigenvalue weighted by atomic mass is 10.1. The molecule has 0 fully saturated rings. The fourth-order valence-corrected chi connectivity index (χ4v) is 3.32. The summed E-state index contributed by atoms with van der Waals surface area (Å²) in [6, 6.07) is 8.08. The summed E-state index contributed by atoms with van der Waals surface area (Å²) in [6.07, 6.45) is 1.36. The maximum Gasteiger partial charge on any atom is 0.323 e. The molecule has 0 saturated heterocycles. The van der Waals surface area contributed by atoms with Crippen molar-refractivity contribution < 1.29 is 4.79 Å². The van der Waals surface area contributed by atoms with E-state index in [2.05, 4.69) is 33.3 Å². The lowest BCUT2D eigenvalue weighted by Crippen LogP contribution is -2.23. The number of aromatic amines is 2. The summed E-state index contributed by atoms with van der Waals surface area (Å²) >= 11 is 1.56. The van der Waals surface area contributed by atoms with Crippen molar-refractivity contribution in [1.82, 2.24) is 20.3 Å². The third-order valence-corrected chi connectivity index (χ3v) is 4.71. The largest absolute Gasteiger partial charge is 0.346 e. The van der Waals surface area contributed by atoms with Gasteiger partial charge in [0.25, 0.3) is 5.91 Å². The van der Waals surface area contributed by atoms with Crippen LogP contribution in [0.3, 0.4) is 0 Å². The highest BCUT2D eigenvalue weighted by atomic mass is 32.1. The number of thiazole rings is 1. The molecule has 7 heteroatoms. The van der Waals surface area contributed by atoms with E-state index in [1.165, 1.54) is 11.8 Å². The number of carbonyl (C=O) groups is 1. The van der Waals surface area contributed by atoms with Gasteiger partial charge in [0.1, 0.15) is 10.7 Å². The smallest absolute Gasteiger partial charge is 0.323 e. The van der Waals surface area contributed by atoms with Crippen LogP contribution < -0.4 is 11.0 Å². The SMILES string of the molecule is Cc1ccccc1-c1nc(C)c(CNC(=O)c2c[nH]c(=O)[nH]2)s1. The number of carbonyl (C=O) groups excluding carboxylic acids is 1. The predicted octanol–water partition coefficient (Wildman–Crippen LogP) is 2.37. The Morgan fingerprint density at radius 2 is 2.09 bits per heavy atom. The quantitative estimate of drug-likeness (QED) is 0.687. The number of hydrogen-bond acceptors (Lipinski definition) is 4. The highest BCUT2D eigenvalue weighted by Gasteiger charge is 2.13. The van der Waals surface area contributed by atoms with Gasteiger partial charge in [-0.2, -0.15) is 0 Å². The van der Waals surface area contributed by atoms with E-state index in [9.17, 15) is 9.59 Å². The second kappa shape index (κ2) is 6.21. The van der Waals surface area contributed by atoms with Crippen LogP contribution in [0, 0.1) is 13.8 Å². The van der Waals surface area contributed by atoms with E-state index in [4.69, 9.17) is 0 Å². The van der Waals surface area contributed by atoms with Crippen LogP contribution in [-0.4, -0.2) is 20.9 Å². The maximum absolute atomic E-state index is 12.0. The zero-order chi connectivity index (χ0) is 16.4. The van der Waals surface area contributed by atoms with Gasteiger partial charge >= 0.3 is 5.69 Å². The minimum absolute atomic E-state index is 0.219. The number of H-pyrrole nitrogens is 2. The van der Waals surface area contributed by atoms with Gasteiger partial charge in [-0.1, -0.05) is 24.3 Å². The minimum Gasteiger partial charge on any atom is -0.346 e. The molecule has 0 aliphatic heterocycles. The van der Waals surface area contributed by atoms with Crippen molar-refractivity contribution in [3.63, 3.8) is 0 Å². The lowest BCUT2D eigenvalue weighted by Gasteiger charge is -2.02. The maximum atomic E-state index is 12.0. The van der Waals surface area contributed by atoms with Gasteiger partial charge in [0.15, 0.2) is 0 Å². The van der Waals surface area contributed by atoms with Crippen LogP contribution in [0.4, 0.5) is 0 Å². The Balaban J connectivity index is 1.76. The van der Waals surface area contributed by atoms with Crippen molar-refractivity contribution in [3.05, 3.63) is 62.8 Å². The number of nitrogens with zero attached hydrogens (tertiary/aromatic N) is 1. The van der Waals surface area contributed by atoms with Crippen LogP contribution in [-0.2, 0) is 6.54 Å². The van der Waals surface area contributed by atoms with E-state index in [1.807, 2.05) is 25.1 Å². The third kappa shape index (κ3) is 3.24. The first-order valence-corrected chi connectivity index (χ1v) is 7.94. The monoisotopic (exact) mass is 328 g/mol. The zero-order valence-electron chi connectivity index (χ0n) is 12.8. The van der Waals surface area contributed by atoms with Gasteiger partial charge in [-0.15, -0.1) is 11.3 Å². The lowest BCUT2D eigenvalue weighted by molar-refractivity contribution is 0.0946. The van der Waals surface area contributed by atoms with Gasteiger partial charge in [0.05, 0.1) is 12.2 Å². The van der Waals surface area contributed by atoms with Crippen LogP contribution in [0.5, 0.6) is 0 Å². The molecule has 3 N–H and O–H groups in total. The van der Waals surface area contributed by atoms with Crippen LogP contribution in [0.1, 0.15) is 26.6 Å². The van der Waals surface area contributed by atoms with Crippen LogP contribution in [0.25, 0.3) is 10.6 Å². The van der Waals surface area contributed by atoms with Gasteiger partial charge in [0.2, 0.25) is 0 Å². The Kier molecular flexibility index (Phi) is 4.12. The molecule has 2 aromatic heterocycles. The molecule has 1 aromatic carbocycles. The number of imidazole rings is 1. The van der Waals surface area contributed by atoms with Gasteiger partial charge in [0, 0.05) is 16.6 Å². The average molecular weight is 328 g/mol. The molecule has 0 unspecified atom stereocenters. The van der Waals surface area contributed by atoms with Gasteiger partial charge in [-0.25, -0.2) is 9.78 Å². The molecule has 23 heavy (non-hydrogen) atoms. The number of benzene rings is 1. The summed E-state index contributed by atoms with van der Waals surface area (Å²) in [5, 5.41) is 3.73. The molecule has 0 saturated carbocycles. The molecule has 0 bridgehead atoms. The molecular weight excluding hydrogens is 312 g/mol. The second-order valence-corrected chi connectivity index (χ2v) is 6.27. The number of aromatic nitrogens is 3. The third-order valence-electron chi connectivity index (χ3n) is 3.52. The molecule has 0 aliphatic carbocycles. The highest BCUT2D eigenvalue weighted by Crippen LogP contribution is 2.29. The normalized spacial score (nSPS) is 10.7. The first-order valence-electron chi connectivity index (χ1n) is 7.13. The highest BCUT2D eigenvalue weighted by molar-refractivity contribution is 7.15. The van der Waals surface area contributed by atoms with E-state index in [-0.39, 0.29) is 11.6 Å². The Bertz CT molecular complexity index is 907. The Labute approximate surface area is 136 Å². The summed E-state index contributed by atoms with van der Waals surface area (Å²) < 4.78 is 0. The molecule has 0 aliphatic rings. The Morgan fingerprint density at radius 1 is 1.30 bits per heavy atom. The van der Waals surface area contributed by atoms with Crippen molar-refractivity contribution in [3.8, 4) is 10.6 Å². The molecule has 3 rings (SSSR count). The van der Waals surface area contributed by atoms with Crippen LogP contribution >= 0.6 is 11.3 Å². The standard InChI is InChI=1S/C16H16N4O2S/c1-9-5-3-4-6-11(9)15-19-10(2)13(23-15)8-17-14(21)12-7-18-16(22)20-12/h3-7H,8H2,1-2H3,(H,17,21)(H2,18,20,22). The summed E-state index contributed by atoms with van der Waals surface area (Å²) in [4.78, 5) is 33.4. The number of amides is 1. The molecule has 3 aromatic rings. The summed E-state index contributed by atoms with van der Waals surface area (Å²) in [7, 11) is 0. The van der Waals surface area contributed by atoms with Gasteiger partial charge in [-0.05, 0) is 19.4 Å². The van der Waals surface area contributed by atoms with Crippen molar-refractivity contribution in [2.75, 3.05) is 0 Å². The average Bonchev–Trinajstić information content (AvgIpc) is 3.11. The number of hydrogen-bond donors (Lipinski definition) is 3. The Hall–Kier alpha value is -2.67. The van der Waals surface area contributed by atoms with Crippen molar-refractivity contribution in [2.24, 2.45) is 0 Å². The number of nitrogens with one attached hydrogen (secondary N) is 3. The topological polar surface area (TPSA) is 90.6 Å². The fraction of sp³-hybridized carbons (Fsp3) is 0.188. The van der Waals surface area contributed by atoms with E-state index in [0.29, 0.717) is 6.54 Å². The summed E-state index contributed by atoms with van der Waals surface area (Å²) in [6.45, 7) is 4.36. The second-order valence-electron chi connectivity index (χ2n) is 5.18. The zero-order valence-corrected chi connectivity index (χ0v) is 13.6. The fourth-order valence-electron chi connectivity index (χ4n) is 2.23. The van der Waals surface area contributed by atoms with E-state index in [1.54, 1.807) is 11.3 Å². The van der Waals surface area contributed by atoms with E-state index in [0.717, 1.165) is 21.1 Å². The summed E-state index contributed by atoms with van der Waals surface area (Å²) in [5.74, 6) is -0.325. The number of aryl methyl sites for hydroxylation is 2. The molecule has 118 valence electrons. The van der Waals surface area contributed by atoms with Gasteiger partial charge in [-0.3, -0.25) is 4.79 Å². The molecular formula is C16H16N4O2S. The van der Waals surface area contributed by atoms with Crippen molar-refractivity contribution >= 4 is 17.2 Å². The first-order chi connectivity index (χ1) is 11.0. The van der Waals surface area contributed by atoms with E-state index < -0.39 is 5.69 Å². The predicted molar refractivity (Wildman–Crippen MR) is 89.6 cm³/mol. The van der Waals surface area contributed by atoms with Crippen molar-refractivity contribution in [1.29, 1.82) is 0 Å². The summed E-state index contributed by atoms with van der Waals surface area (Å²) in [5.41, 5.74) is 2.99. The van der Waals surface area contributed by atoms with Crippen molar-refractivity contribution in [2.45, 2.75) is 20.4 Å². The molecule has 2 heterocycles. The van der Waals surface area contributed by atoms with E-state index >= 15 is 0 Å². The Morgan fingerprint density at radius 3 is 2.78 bits per heavy atom. The molecule has 0 spiro atoms. The van der Waals surface area contributed by atoms with Gasteiger partial charge < -0.3 is 15.3 Å².